The van der Waals surface area contributed by atoms with Gasteiger partial charge < -0.3 is 5.32 Å². The summed E-state index contributed by atoms with van der Waals surface area (Å²) in [5, 5.41) is 2.58. The van der Waals surface area contributed by atoms with Crippen LogP contribution in [-0.4, -0.2) is 40.5 Å². The summed E-state index contributed by atoms with van der Waals surface area (Å²) in [6.07, 6.45) is 3.96. The number of amides is 2. The van der Waals surface area contributed by atoms with E-state index in [1.807, 2.05) is 48.9 Å². The van der Waals surface area contributed by atoms with Crippen molar-refractivity contribution in [2.75, 3.05) is 6.54 Å². The monoisotopic (exact) mass is 478 g/mol. The first-order chi connectivity index (χ1) is 16.3. The average molecular weight is 479 g/mol. The SMILES string of the molecule is CCc1nc2c(C)cc(C)nc2n1-c1ccc(CCNC(=O)NS(=O)(=O)c2cccnc2)cc1. The van der Waals surface area contributed by atoms with E-state index in [9.17, 15) is 13.2 Å². The molecule has 34 heavy (non-hydrogen) atoms. The van der Waals surface area contributed by atoms with Gasteiger partial charge in [-0.25, -0.2) is 27.9 Å². The van der Waals surface area contributed by atoms with E-state index >= 15 is 0 Å². The molecule has 0 saturated heterocycles. The van der Waals surface area contributed by atoms with Gasteiger partial charge in [-0.05, 0) is 61.7 Å². The summed E-state index contributed by atoms with van der Waals surface area (Å²) >= 11 is 0. The maximum Gasteiger partial charge on any atom is 0.328 e. The molecule has 0 saturated carbocycles. The molecule has 0 atom stereocenters. The van der Waals surface area contributed by atoms with Gasteiger partial charge in [0.05, 0.1) is 0 Å². The first-order valence-electron chi connectivity index (χ1n) is 10.9. The van der Waals surface area contributed by atoms with Crippen molar-refractivity contribution in [3.05, 3.63) is 77.5 Å². The van der Waals surface area contributed by atoms with Crippen molar-refractivity contribution in [3.63, 3.8) is 0 Å². The molecule has 2 N–H and O–H groups in total. The van der Waals surface area contributed by atoms with Crippen LogP contribution in [0.2, 0.25) is 0 Å². The van der Waals surface area contributed by atoms with Crippen LogP contribution in [0, 0.1) is 13.8 Å². The minimum atomic E-state index is -3.96. The van der Waals surface area contributed by atoms with E-state index in [4.69, 9.17) is 9.97 Å². The first kappa shape index (κ1) is 23.4. The molecule has 0 radical (unpaired) electrons. The Morgan fingerprint density at radius 3 is 2.53 bits per heavy atom. The van der Waals surface area contributed by atoms with Crippen molar-refractivity contribution >= 4 is 27.2 Å². The summed E-state index contributed by atoms with van der Waals surface area (Å²) in [4.78, 5) is 25.2. The number of aryl methyl sites for hydroxylation is 3. The van der Waals surface area contributed by atoms with E-state index in [0.29, 0.717) is 6.42 Å². The molecule has 4 aromatic rings. The van der Waals surface area contributed by atoms with E-state index in [0.717, 1.165) is 45.9 Å². The van der Waals surface area contributed by atoms with Gasteiger partial charge in [-0.1, -0.05) is 19.1 Å². The van der Waals surface area contributed by atoms with Gasteiger partial charge in [0.1, 0.15) is 16.2 Å². The summed E-state index contributed by atoms with van der Waals surface area (Å²) in [6.45, 7) is 6.37. The highest BCUT2D eigenvalue weighted by molar-refractivity contribution is 7.90. The van der Waals surface area contributed by atoms with Crippen LogP contribution in [0.3, 0.4) is 0 Å². The molecule has 3 aromatic heterocycles. The fourth-order valence-electron chi connectivity index (χ4n) is 3.77. The van der Waals surface area contributed by atoms with E-state index < -0.39 is 16.1 Å². The molecule has 9 nitrogen and oxygen atoms in total. The first-order valence-corrected chi connectivity index (χ1v) is 12.4. The molecule has 0 aliphatic heterocycles. The minimum Gasteiger partial charge on any atom is -0.337 e. The summed E-state index contributed by atoms with van der Waals surface area (Å²) in [7, 11) is -3.96. The molecule has 2 amide bonds. The number of imidazole rings is 1. The van der Waals surface area contributed by atoms with Gasteiger partial charge in [0.2, 0.25) is 0 Å². The molecule has 4 rings (SSSR count). The molecular formula is C24H26N6O3S. The number of fused-ring (bicyclic) bond motifs is 1. The lowest BCUT2D eigenvalue weighted by Crippen LogP contribution is -2.40. The van der Waals surface area contributed by atoms with Gasteiger partial charge in [0.15, 0.2) is 5.65 Å². The number of hydrogen-bond donors (Lipinski definition) is 2. The summed E-state index contributed by atoms with van der Waals surface area (Å²) in [5.74, 6) is 0.942. The number of carbonyl (C=O) groups excluding carboxylic acids is 1. The molecule has 0 bridgehead atoms. The van der Waals surface area contributed by atoms with Gasteiger partial charge in [-0.3, -0.25) is 9.55 Å². The third-order valence-electron chi connectivity index (χ3n) is 5.39. The zero-order valence-electron chi connectivity index (χ0n) is 19.2. The molecule has 176 valence electrons. The molecule has 0 aliphatic carbocycles. The van der Waals surface area contributed by atoms with Gasteiger partial charge in [-0.2, -0.15) is 0 Å². The Bertz CT molecular complexity index is 1430. The number of nitrogens with one attached hydrogen (secondary N) is 2. The molecule has 1 aromatic carbocycles. The normalized spacial score (nSPS) is 11.5. The highest BCUT2D eigenvalue weighted by Crippen LogP contribution is 2.24. The number of rotatable bonds is 7. The minimum absolute atomic E-state index is 0.0703. The Hall–Kier alpha value is -3.79. The lowest BCUT2D eigenvalue weighted by molar-refractivity contribution is 0.246. The van der Waals surface area contributed by atoms with Gasteiger partial charge in [0.25, 0.3) is 10.0 Å². The maximum atomic E-state index is 12.2. The third kappa shape index (κ3) is 4.91. The molecule has 0 unspecified atom stereocenters. The van der Waals surface area contributed by atoms with E-state index in [2.05, 4.69) is 21.8 Å². The molecule has 10 heteroatoms. The third-order valence-corrected chi connectivity index (χ3v) is 6.70. The van der Waals surface area contributed by atoms with Crippen LogP contribution in [0.5, 0.6) is 0 Å². The second-order valence-electron chi connectivity index (χ2n) is 7.94. The van der Waals surface area contributed by atoms with Crippen LogP contribution in [-0.2, 0) is 22.9 Å². The Kier molecular flexibility index (Phi) is 6.60. The van der Waals surface area contributed by atoms with Crippen LogP contribution in [0.15, 0.2) is 59.8 Å². The van der Waals surface area contributed by atoms with Crippen molar-refractivity contribution in [1.82, 2.24) is 29.6 Å². The van der Waals surface area contributed by atoms with Gasteiger partial charge in [-0.15, -0.1) is 0 Å². The highest BCUT2D eigenvalue weighted by Gasteiger charge is 2.17. The van der Waals surface area contributed by atoms with Crippen molar-refractivity contribution in [2.24, 2.45) is 0 Å². The van der Waals surface area contributed by atoms with Crippen molar-refractivity contribution in [2.45, 2.75) is 38.5 Å². The number of nitrogens with zero attached hydrogens (tertiary/aromatic N) is 4. The van der Waals surface area contributed by atoms with Crippen LogP contribution in [0.25, 0.3) is 16.9 Å². The Labute approximate surface area is 198 Å². The van der Waals surface area contributed by atoms with Gasteiger partial charge >= 0.3 is 6.03 Å². The number of pyridine rings is 2. The summed E-state index contributed by atoms with van der Waals surface area (Å²) in [5.41, 5.74) is 5.76. The quantitative estimate of drug-likeness (QED) is 0.421. The number of urea groups is 1. The van der Waals surface area contributed by atoms with Crippen molar-refractivity contribution in [1.29, 1.82) is 0 Å². The Morgan fingerprint density at radius 2 is 1.85 bits per heavy atom. The van der Waals surface area contributed by atoms with Crippen LogP contribution in [0.4, 0.5) is 4.79 Å². The molecule has 0 fully saturated rings. The highest BCUT2D eigenvalue weighted by atomic mass is 32.2. The Morgan fingerprint density at radius 1 is 1.09 bits per heavy atom. The average Bonchev–Trinajstić information content (AvgIpc) is 3.18. The van der Waals surface area contributed by atoms with Crippen LogP contribution >= 0.6 is 0 Å². The van der Waals surface area contributed by atoms with Gasteiger partial charge in [0, 0.05) is 36.7 Å². The predicted molar refractivity (Wildman–Crippen MR) is 129 cm³/mol. The number of carbonyl (C=O) groups is 1. The number of benzene rings is 1. The zero-order chi connectivity index (χ0) is 24.3. The zero-order valence-corrected chi connectivity index (χ0v) is 20.1. The Balaban J connectivity index is 1.42. The predicted octanol–water partition coefficient (Wildman–Crippen LogP) is 3.23. The lowest BCUT2D eigenvalue weighted by atomic mass is 10.1. The molecule has 3 heterocycles. The fourth-order valence-corrected chi connectivity index (χ4v) is 4.66. The fraction of sp³-hybridized carbons (Fsp3) is 0.250. The standard InChI is InChI=1S/C24H26N6O3S/c1-4-21-28-22-16(2)14-17(3)27-23(22)30(21)19-9-7-18(8-10-19)11-13-26-24(31)29-34(32,33)20-6-5-12-25-15-20/h5-10,12,14-15H,4,11,13H2,1-3H3,(H2,26,29,31). The summed E-state index contributed by atoms with van der Waals surface area (Å²) in [6, 6.07) is 12.1. The second kappa shape index (κ2) is 9.60. The molecule has 0 aliphatic rings. The van der Waals surface area contributed by atoms with Crippen molar-refractivity contribution < 1.29 is 13.2 Å². The smallest absolute Gasteiger partial charge is 0.328 e. The van der Waals surface area contributed by atoms with Crippen LogP contribution in [0.1, 0.15) is 29.6 Å². The lowest BCUT2D eigenvalue weighted by Gasteiger charge is -2.10. The molecular weight excluding hydrogens is 452 g/mol. The number of hydrogen-bond acceptors (Lipinski definition) is 6. The van der Waals surface area contributed by atoms with E-state index in [1.165, 1.54) is 24.5 Å². The molecule has 0 spiro atoms. The van der Waals surface area contributed by atoms with E-state index in [1.54, 1.807) is 0 Å². The number of aromatic nitrogens is 4. The topological polar surface area (TPSA) is 119 Å². The van der Waals surface area contributed by atoms with Crippen molar-refractivity contribution in [3.8, 4) is 5.69 Å². The summed E-state index contributed by atoms with van der Waals surface area (Å²) < 4.78 is 28.4. The second-order valence-corrected chi connectivity index (χ2v) is 9.62. The number of sulfonamides is 1. The largest absolute Gasteiger partial charge is 0.337 e. The van der Waals surface area contributed by atoms with Crippen LogP contribution < -0.4 is 10.0 Å². The van der Waals surface area contributed by atoms with E-state index in [-0.39, 0.29) is 11.4 Å². The maximum absolute atomic E-state index is 12.2.